The van der Waals surface area contributed by atoms with Crippen LogP contribution in [0.15, 0.2) is 12.4 Å². The highest BCUT2D eigenvalue weighted by atomic mass is 16.5. The van der Waals surface area contributed by atoms with E-state index in [0.29, 0.717) is 37.9 Å². The molecule has 2 aliphatic rings. The second kappa shape index (κ2) is 7.67. The molecule has 1 aromatic rings. The molecule has 0 aliphatic carbocycles. The first kappa shape index (κ1) is 17.4. The fraction of sp³-hybridized carbons (Fsp3) is 0.647. The molecular formula is C17H24N4O4. The number of hydrogen-bond donors (Lipinski definition) is 0. The number of likely N-dealkylation sites (tertiary alicyclic amines) is 2. The van der Waals surface area contributed by atoms with Crippen molar-refractivity contribution in [2.75, 3.05) is 33.3 Å². The number of amides is 2. The molecule has 1 atom stereocenters. The largest absolute Gasteiger partial charge is 0.477 e. The third-order valence-corrected chi connectivity index (χ3v) is 4.85. The molecule has 8 heteroatoms. The van der Waals surface area contributed by atoms with E-state index in [4.69, 9.17) is 9.47 Å². The van der Waals surface area contributed by atoms with Crippen molar-refractivity contribution in [3.8, 4) is 11.8 Å². The summed E-state index contributed by atoms with van der Waals surface area (Å²) in [6.07, 6.45) is 5.23. The fourth-order valence-corrected chi connectivity index (χ4v) is 3.42. The molecular weight excluding hydrogens is 324 g/mol. The van der Waals surface area contributed by atoms with Gasteiger partial charge in [-0.3, -0.25) is 9.59 Å². The summed E-state index contributed by atoms with van der Waals surface area (Å²) in [5.41, 5.74) is 0. The summed E-state index contributed by atoms with van der Waals surface area (Å²) in [4.78, 5) is 36.0. The second-order valence-corrected chi connectivity index (χ2v) is 6.46. The molecule has 0 N–H and O–H groups in total. The van der Waals surface area contributed by atoms with Crippen LogP contribution in [0.4, 0.5) is 0 Å². The van der Waals surface area contributed by atoms with Crippen LogP contribution in [-0.2, 0) is 9.59 Å². The lowest BCUT2D eigenvalue weighted by atomic mass is 9.95. The minimum absolute atomic E-state index is 0.000373. The Hall–Kier alpha value is -2.38. The summed E-state index contributed by atoms with van der Waals surface area (Å²) in [5, 5.41) is 0. The zero-order valence-electron chi connectivity index (χ0n) is 14.7. The molecule has 3 rings (SSSR count). The van der Waals surface area contributed by atoms with Gasteiger partial charge < -0.3 is 19.3 Å². The molecule has 0 radical (unpaired) electrons. The van der Waals surface area contributed by atoms with E-state index < -0.39 is 0 Å². The Bertz CT molecular complexity index is 631. The topological polar surface area (TPSA) is 84.9 Å². The standard InChI is InChI=1S/C17H24N4O4/c1-12(22)20-8-3-13(4-9-20)17(23)21-10-5-14(11-21)25-16-15(24-2)18-6-7-19-16/h6-7,13-14H,3-5,8-11H2,1-2H3. The Labute approximate surface area is 147 Å². The van der Waals surface area contributed by atoms with E-state index in [2.05, 4.69) is 9.97 Å². The number of piperidine rings is 1. The maximum atomic E-state index is 12.7. The molecule has 2 fully saturated rings. The highest BCUT2D eigenvalue weighted by Gasteiger charge is 2.34. The van der Waals surface area contributed by atoms with E-state index in [-0.39, 0.29) is 23.8 Å². The van der Waals surface area contributed by atoms with E-state index in [0.717, 1.165) is 19.3 Å². The van der Waals surface area contributed by atoms with Gasteiger partial charge in [0.25, 0.3) is 11.8 Å². The summed E-state index contributed by atoms with van der Waals surface area (Å²) in [5.74, 6) is 0.960. The summed E-state index contributed by atoms with van der Waals surface area (Å²) < 4.78 is 11.0. The molecule has 0 aromatic carbocycles. The second-order valence-electron chi connectivity index (χ2n) is 6.46. The Morgan fingerprint density at radius 1 is 1.04 bits per heavy atom. The van der Waals surface area contributed by atoms with E-state index in [1.54, 1.807) is 24.2 Å². The predicted molar refractivity (Wildman–Crippen MR) is 89.2 cm³/mol. The number of aromatic nitrogens is 2. The third kappa shape index (κ3) is 4.00. The van der Waals surface area contributed by atoms with Gasteiger partial charge in [-0.05, 0) is 12.8 Å². The average molecular weight is 348 g/mol. The molecule has 8 nitrogen and oxygen atoms in total. The molecule has 2 amide bonds. The first-order valence-electron chi connectivity index (χ1n) is 8.64. The van der Waals surface area contributed by atoms with Crippen molar-refractivity contribution >= 4 is 11.8 Å². The van der Waals surface area contributed by atoms with Gasteiger partial charge in [-0.25, -0.2) is 9.97 Å². The lowest BCUT2D eigenvalue weighted by Gasteiger charge is -2.32. The molecule has 0 bridgehead atoms. The molecule has 136 valence electrons. The van der Waals surface area contributed by atoms with Crippen LogP contribution in [0.3, 0.4) is 0 Å². The quantitative estimate of drug-likeness (QED) is 0.797. The zero-order chi connectivity index (χ0) is 17.8. The highest BCUT2D eigenvalue weighted by Crippen LogP contribution is 2.26. The predicted octanol–water partition coefficient (Wildman–Crippen LogP) is 0.723. The number of rotatable bonds is 4. The van der Waals surface area contributed by atoms with Gasteiger partial charge in [0, 0.05) is 51.3 Å². The normalized spacial score (nSPS) is 21.3. The zero-order valence-corrected chi connectivity index (χ0v) is 14.7. The summed E-state index contributed by atoms with van der Waals surface area (Å²) in [6, 6.07) is 0. The minimum atomic E-state index is -0.105. The number of hydrogen-bond acceptors (Lipinski definition) is 6. The molecule has 2 saturated heterocycles. The van der Waals surface area contributed by atoms with Gasteiger partial charge in [0.15, 0.2) is 0 Å². The maximum Gasteiger partial charge on any atom is 0.278 e. The number of methoxy groups -OCH3 is 1. The van der Waals surface area contributed by atoms with E-state index in [9.17, 15) is 9.59 Å². The van der Waals surface area contributed by atoms with Crippen molar-refractivity contribution in [2.24, 2.45) is 5.92 Å². The Kier molecular flexibility index (Phi) is 5.35. The number of nitrogens with zero attached hydrogens (tertiary/aromatic N) is 4. The molecule has 1 aromatic heterocycles. The summed E-state index contributed by atoms with van der Waals surface area (Å²) in [6.45, 7) is 4.13. The molecule has 1 unspecified atom stereocenters. The van der Waals surface area contributed by atoms with Gasteiger partial charge in [-0.2, -0.15) is 0 Å². The van der Waals surface area contributed by atoms with Crippen molar-refractivity contribution in [3.63, 3.8) is 0 Å². The molecule has 25 heavy (non-hydrogen) atoms. The minimum Gasteiger partial charge on any atom is -0.477 e. The highest BCUT2D eigenvalue weighted by molar-refractivity contribution is 5.80. The van der Waals surface area contributed by atoms with Crippen LogP contribution in [0, 0.1) is 5.92 Å². The van der Waals surface area contributed by atoms with Crippen LogP contribution in [0.1, 0.15) is 26.2 Å². The van der Waals surface area contributed by atoms with Crippen molar-refractivity contribution in [1.82, 2.24) is 19.8 Å². The number of carbonyl (C=O) groups is 2. The monoisotopic (exact) mass is 348 g/mol. The van der Waals surface area contributed by atoms with Gasteiger partial charge >= 0.3 is 0 Å². The summed E-state index contributed by atoms with van der Waals surface area (Å²) >= 11 is 0. The van der Waals surface area contributed by atoms with Crippen LogP contribution < -0.4 is 9.47 Å². The van der Waals surface area contributed by atoms with Gasteiger partial charge in [-0.1, -0.05) is 0 Å². The van der Waals surface area contributed by atoms with Crippen molar-refractivity contribution in [1.29, 1.82) is 0 Å². The van der Waals surface area contributed by atoms with Gasteiger partial charge in [0.05, 0.1) is 13.7 Å². The van der Waals surface area contributed by atoms with Crippen LogP contribution in [0.5, 0.6) is 11.8 Å². The maximum absolute atomic E-state index is 12.7. The van der Waals surface area contributed by atoms with Gasteiger partial charge in [0.2, 0.25) is 11.8 Å². The number of carbonyl (C=O) groups excluding carboxylic acids is 2. The van der Waals surface area contributed by atoms with Crippen molar-refractivity contribution in [3.05, 3.63) is 12.4 Å². The average Bonchev–Trinajstić information content (AvgIpc) is 3.10. The Morgan fingerprint density at radius 3 is 2.32 bits per heavy atom. The molecule has 3 heterocycles. The van der Waals surface area contributed by atoms with Crippen molar-refractivity contribution < 1.29 is 19.1 Å². The van der Waals surface area contributed by atoms with Crippen LogP contribution >= 0.6 is 0 Å². The molecule has 0 saturated carbocycles. The first-order chi connectivity index (χ1) is 12.1. The van der Waals surface area contributed by atoms with Crippen molar-refractivity contribution in [2.45, 2.75) is 32.3 Å². The van der Waals surface area contributed by atoms with E-state index in [1.807, 2.05) is 4.90 Å². The number of ether oxygens (including phenoxy) is 2. The lowest BCUT2D eigenvalue weighted by Crippen LogP contribution is -2.43. The SMILES string of the molecule is COc1nccnc1OC1CCN(C(=O)C2CCN(C(C)=O)CC2)C1. The molecule has 2 aliphatic heterocycles. The molecule has 0 spiro atoms. The smallest absolute Gasteiger partial charge is 0.278 e. The summed E-state index contributed by atoms with van der Waals surface area (Å²) in [7, 11) is 1.52. The Balaban J connectivity index is 1.52. The third-order valence-electron chi connectivity index (χ3n) is 4.85. The van der Waals surface area contributed by atoms with E-state index in [1.165, 1.54) is 7.11 Å². The van der Waals surface area contributed by atoms with Gasteiger partial charge in [-0.15, -0.1) is 0 Å². The Morgan fingerprint density at radius 2 is 1.68 bits per heavy atom. The van der Waals surface area contributed by atoms with Crippen LogP contribution in [0.25, 0.3) is 0 Å². The van der Waals surface area contributed by atoms with E-state index >= 15 is 0 Å². The first-order valence-corrected chi connectivity index (χ1v) is 8.64. The van der Waals surface area contributed by atoms with Gasteiger partial charge in [0.1, 0.15) is 6.10 Å². The van der Waals surface area contributed by atoms with Crippen LogP contribution in [-0.4, -0.2) is 71.0 Å². The lowest BCUT2D eigenvalue weighted by molar-refractivity contribution is -0.139. The fourth-order valence-electron chi connectivity index (χ4n) is 3.42. The van der Waals surface area contributed by atoms with Crippen LogP contribution in [0.2, 0.25) is 0 Å².